The summed E-state index contributed by atoms with van der Waals surface area (Å²) in [6.07, 6.45) is 3.00. The third-order valence-electron chi connectivity index (χ3n) is 3.05. The van der Waals surface area contributed by atoms with E-state index in [1.54, 1.807) is 6.07 Å². The molecule has 1 aliphatic heterocycles. The van der Waals surface area contributed by atoms with Gasteiger partial charge in [-0.15, -0.1) is 12.4 Å². The molecule has 1 heterocycles. The number of hydrogen-bond donors (Lipinski definition) is 2. The summed E-state index contributed by atoms with van der Waals surface area (Å²) >= 11 is 0. The Morgan fingerprint density at radius 1 is 1.50 bits per heavy atom. The Kier molecular flexibility index (Phi) is 6.48. The maximum atomic E-state index is 13.5. The smallest absolute Gasteiger partial charge is 0.251 e. The second-order valence-electron chi connectivity index (χ2n) is 4.35. The number of rotatable bonds is 4. The van der Waals surface area contributed by atoms with E-state index in [0.29, 0.717) is 12.1 Å². The molecule has 1 aromatic rings. The minimum Gasteiger partial charge on any atom is -0.494 e. The van der Waals surface area contributed by atoms with Crippen LogP contribution in [0.5, 0.6) is 5.75 Å². The van der Waals surface area contributed by atoms with E-state index in [-0.39, 0.29) is 24.1 Å². The van der Waals surface area contributed by atoms with Gasteiger partial charge in [-0.2, -0.15) is 0 Å². The molecule has 1 aliphatic rings. The van der Waals surface area contributed by atoms with E-state index in [1.165, 1.54) is 24.8 Å². The molecule has 1 aromatic carbocycles. The van der Waals surface area contributed by atoms with Crippen LogP contribution in [-0.2, 0) is 0 Å². The van der Waals surface area contributed by atoms with Crippen LogP contribution >= 0.6 is 12.4 Å². The number of amides is 1. The van der Waals surface area contributed by atoms with E-state index in [1.807, 2.05) is 0 Å². The van der Waals surface area contributed by atoms with Crippen molar-refractivity contribution in [2.75, 3.05) is 26.7 Å². The molecule has 0 aromatic heterocycles. The molecule has 1 amide bonds. The standard InChI is InChI=1S/C14H17FN2O2.ClH/c1-19-13-3-2-11(8-12(13)15)14(18)17-9-10-4-6-16-7-5-10;/h2-4,8,16H,5-7,9H2,1H3,(H,17,18);1H. The summed E-state index contributed by atoms with van der Waals surface area (Å²) in [5.41, 5.74) is 1.49. The van der Waals surface area contributed by atoms with Gasteiger partial charge in [0.05, 0.1) is 7.11 Å². The summed E-state index contributed by atoms with van der Waals surface area (Å²) < 4.78 is 18.3. The van der Waals surface area contributed by atoms with E-state index >= 15 is 0 Å². The monoisotopic (exact) mass is 300 g/mol. The number of ether oxygens (including phenoxy) is 1. The second kappa shape index (κ2) is 7.87. The van der Waals surface area contributed by atoms with Crippen LogP contribution in [0, 0.1) is 5.82 Å². The highest BCUT2D eigenvalue weighted by Gasteiger charge is 2.11. The minimum absolute atomic E-state index is 0. The zero-order valence-electron chi connectivity index (χ0n) is 11.2. The lowest BCUT2D eigenvalue weighted by molar-refractivity contribution is 0.0956. The Hall–Kier alpha value is -1.59. The van der Waals surface area contributed by atoms with E-state index < -0.39 is 5.82 Å². The maximum absolute atomic E-state index is 13.5. The average Bonchev–Trinajstić information content (AvgIpc) is 2.45. The van der Waals surface area contributed by atoms with Gasteiger partial charge in [-0.1, -0.05) is 11.6 Å². The Morgan fingerprint density at radius 3 is 2.90 bits per heavy atom. The summed E-state index contributed by atoms with van der Waals surface area (Å²) in [5, 5.41) is 5.99. The van der Waals surface area contributed by atoms with Crippen molar-refractivity contribution >= 4 is 18.3 Å². The first-order valence-corrected chi connectivity index (χ1v) is 6.21. The number of carbonyl (C=O) groups is 1. The minimum atomic E-state index is -0.531. The topological polar surface area (TPSA) is 50.4 Å². The Morgan fingerprint density at radius 2 is 2.30 bits per heavy atom. The number of halogens is 2. The van der Waals surface area contributed by atoms with Crippen molar-refractivity contribution in [1.29, 1.82) is 0 Å². The molecule has 0 unspecified atom stereocenters. The predicted molar refractivity (Wildman–Crippen MR) is 78.1 cm³/mol. The van der Waals surface area contributed by atoms with Gasteiger partial charge in [-0.05, 0) is 31.2 Å². The van der Waals surface area contributed by atoms with Crippen molar-refractivity contribution in [3.8, 4) is 5.75 Å². The van der Waals surface area contributed by atoms with Gasteiger partial charge < -0.3 is 15.4 Å². The van der Waals surface area contributed by atoms with Gasteiger partial charge in [-0.25, -0.2) is 4.39 Å². The molecule has 4 nitrogen and oxygen atoms in total. The Balaban J connectivity index is 0.00000200. The summed E-state index contributed by atoms with van der Waals surface area (Å²) in [4.78, 5) is 11.9. The molecular weight excluding hydrogens is 283 g/mol. The first-order valence-electron chi connectivity index (χ1n) is 6.21. The highest BCUT2D eigenvalue weighted by Crippen LogP contribution is 2.17. The molecule has 110 valence electrons. The number of benzene rings is 1. The molecule has 20 heavy (non-hydrogen) atoms. The van der Waals surface area contributed by atoms with Crippen LogP contribution in [-0.4, -0.2) is 32.7 Å². The average molecular weight is 301 g/mol. The molecule has 0 radical (unpaired) electrons. The molecule has 2 rings (SSSR count). The van der Waals surface area contributed by atoms with Gasteiger partial charge in [0.1, 0.15) is 0 Å². The fourth-order valence-corrected chi connectivity index (χ4v) is 1.93. The lowest BCUT2D eigenvalue weighted by Crippen LogP contribution is -2.29. The van der Waals surface area contributed by atoms with Crippen molar-refractivity contribution in [2.24, 2.45) is 0 Å². The summed E-state index contributed by atoms with van der Waals surface area (Å²) in [7, 11) is 1.39. The molecule has 0 saturated heterocycles. The van der Waals surface area contributed by atoms with Crippen molar-refractivity contribution in [3.05, 3.63) is 41.2 Å². The van der Waals surface area contributed by atoms with Crippen LogP contribution in [0.2, 0.25) is 0 Å². The largest absolute Gasteiger partial charge is 0.494 e. The molecule has 6 heteroatoms. The van der Waals surface area contributed by atoms with Gasteiger partial charge in [0.2, 0.25) is 0 Å². The fraction of sp³-hybridized carbons (Fsp3) is 0.357. The fourth-order valence-electron chi connectivity index (χ4n) is 1.93. The lowest BCUT2D eigenvalue weighted by atomic mass is 10.1. The molecule has 0 aliphatic carbocycles. The number of carbonyl (C=O) groups excluding carboxylic acids is 1. The van der Waals surface area contributed by atoms with Crippen LogP contribution in [0.15, 0.2) is 29.8 Å². The molecule has 2 N–H and O–H groups in total. The van der Waals surface area contributed by atoms with Crippen LogP contribution in [0.4, 0.5) is 4.39 Å². The van der Waals surface area contributed by atoms with E-state index in [4.69, 9.17) is 4.74 Å². The third-order valence-corrected chi connectivity index (χ3v) is 3.05. The van der Waals surface area contributed by atoms with E-state index in [2.05, 4.69) is 16.7 Å². The Bertz CT molecular complexity index is 506. The van der Waals surface area contributed by atoms with Crippen molar-refractivity contribution in [3.63, 3.8) is 0 Å². The normalized spacial score (nSPS) is 14.0. The van der Waals surface area contributed by atoms with Gasteiger partial charge in [-0.3, -0.25) is 4.79 Å². The SMILES string of the molecule is COc1ccc(C(=O)NCC2=CCNCC2)cc1F.Cl. The number of hydrogen-bond acceptors (Lipinski definition) is 3. The van der Waals surface area contributed by atoms with E-state index in [9.17, 15) is 9.18 Å². The number of nitrogens with one attached hydrogen (secondary N) is 2. The van der Waals surface area contributed by atoms with E-state index in [0.717, 1.165) is 19.5 Å². The summed E-state index contributed by atoms with van der Waals surface area (Å²) in [5.74, 6) is -0.671. The first kappa shape index (κ1) is 16.5. The maximum Gasteiger partial charge on any atom is 0.251 e. The van der Waals surface area contributed by atoms with Crippen molar-refractivity contribution in [2.45, 2.75) is 6.42 Å². The van der Waals surface area contributed by atoms with Crippen molar-refractivity contribution < 1.29 is 13.9 Å². The molecule has 0 saturated carbocycles. The Labute approximate surface area is 123 Å². The third kappa shape index (κ3) is 4.21. The first-order chi connectivity index (χ1) is 9.20. The zero-order chi connectivity index (χ0) is 13.7. The van der Waals surface area contributed by atoms with Crippen LogP contribution in [0.3, 0.4) is 0 Å². The summed E-state index contributed by atoms with van der Waals surface area (Å²) in [6.45, 7) is 2.27. The van der Waals surface area contributed by atoms with Gasteiger partial charge in [0.25, 0.3) is 5.91 Å². The summed E-state index contributed by atoms with van der Waals surface area (Å²) in [6, 6.07) is 4.19. The van der Waals surface area contributed by atoms with Crippen LogP contribution in [0.1, 0.15) is 16.8 Å². The highest BCUT2D eigenvalue weighted by molar-refractivity contribution is 5.94. The zero-order valence-corrected chi connectivity index (χ0v) is 12.1. The van der Waals surface area contributed by atoms with Crippen molar-refractivity contribution in [1.82, 2.24) is 10.6 Å². The van der Waals surface area contributed by atoms with Gasteiger partial charge in [0.15, 0.2) is 11.6 Å². The van der Waals surface area contributed by atoms with Gasteiger partial charge in [0, 0.05) is 18.7 Å². The second-order valence-corrected chi connectivity index (χ2v) is 4.35. The molecule has 0 atom stereocenters. The van der Waals surface area contributed by atoms with Gasteiger partial charge >= 0.3 is 0 Å². The highest BCUT2D eigenvalue weighted by atomic mass is 35.5. The molecular formula is C14H18ClFN2O2. The number of methoxy groups -OCH3 is 1. The quantitative estimate of drug-likeness (QED) is 0.835. The predicted octanol–water partition coefficient (Wildman–Crippen LogP) is 1.91. The lowest BCUT2D eigenvalue weighted by Gasteiger charge is -2.14. The molecule has 0 fully saturated rings. The van der Waals surface area contributed by atoms with Crippen LogP contribution in [0.25, 0.3) is 0 Å². The van der Waals surface area contributed by atoms with Crippen LogP contribution < -0.4 is 15.4 Å². The molecule has 0 bridgehead atoms. The molecule has 0 spiro atoms.